The number of aryl methyl sites for hydroxylation is 1. The number of carbonyl (C=O) groups is 1. The summed E-state index contributed by atoms with van der Waals surface area (Å²) in [5.41, 5.74) is 1.84. The van der Waals surface area contributed by atoms with Gasteiger partial charge in [0.25, 0.3) is 0 Å². The molecular formula is C20H24N2O4S. The molecule has 1 aliphatic heterocycles. The summed E-state index contributed by atoms with van der Waals surface area (Å²) in [7, 11) is -2.10. The SMILES string of the molecule is COc1ccc(S(=O)(=O)N2CCCC(C(=O)Nc3ccc(C)cc3)C2)cc1. The second kappa shape index (κ2) is 8.10. The molecule has 3 rings (SSSR count). The molecule has 1 atom stereocenters. The third-order valence-electron chi connectivity index (χ3n) is 4.77. The average Bonchev–Trinajstić information content (AvgIpc) is 2.70. The highest BCUT2D eigenvalue weighted by atomic mass is 32.2. The quantitative estimate of drug-likeness (QED) is 0.854. The van der Waals surface area contributed by atoms with Crippen molar-refractivity contribution in [3.8, 4) is 5.75 Å². The zero-order valence-corrected chi connectivity index (χ0v) is 16.3. The summed E-state index contributed by atoms with van der Waals surface area (Å²) in [5.74, 6) is 0.0875. The summed E-state index contributed by atoms with van der Waals surface area (Å²) in [4.78, 5) is 12.8. The van der Waals surface area contributed by atoms with Gasteiger partial charge >= 0.3 is 0 Å². The van der Waals surface area contributed by atoms with E-state index in [-0.39, 0.29) is 23.3 Å². The van der Waals surface area contributed by atoms with E-state index in [9.17, 15) is 13.2 Å². The first kappa shape index (κ1) is 19.4. The van der Waals surface area contributed by atoms with Crippen LogP contribution in [0.5, 0.6) is 5.75 Å². The summed E-state index contributed by atoms with van der Waals surface area (Å²) in [6, 6.07) is 13.9. The standard InChI is InChI=1S/C20H24N2O4S/c1-15-5-7-17(8-6-15)21-20(23)16-4-3-13-22(14-16)27(24,25)19-11-9-18(26-2)10-12-19/h5-12,16H,3-4,13-14H2,1-2H3,(H,21,23). The van der Waals surface area contributed by atoms with Crippen LogP contribution in [0.4, 0.5) is 5.69 Å². The molecule has 1 amide bonds. The topological polar surface area (TPSA) is 75.7 Å². The van der Waals surface area contributed by atoms with Gasteiger partial charge in [-0.1, -0.05) is 17.7 Å². The number of amides is 1. The maximum atomic E-state index is 12.9. The first-order chi connectivity index (χ1) is 12.9. The van der Waals surface area contributed by atoms with E-state index in [1.165, 1.54) is 23.5 Å². The number of ether oxygens (including phenoxy) is 1. The molecule has 2 aromatic carbocycles. The Morgan fingerprint density at radius 3 is 2.41 bits per heavy atom. The van der Waals surface area contributed by atoms with Gasteiger partial charge in [-0.05, 0) is 56.2 Å². The monoisotopic (exact) mass is 388 g/mol. The minimum Gasteiger partial charge on any atom is -0.497 e. The summed E-state index contributed by atoms with van der Waals surface area (Å²) in [6.45, 7) is 2.59. The Morgan fingerprint density at radius 2 is 1.78 bits per heavy atom. The maximum absolute atomic E-state index is 12.9. The number of hydrogen-bond donors (Lipinski definition) is 1. The molecule has 1 N–H and O–H groups in total. The van der Waals surface area contributed by atoms with E-state index in [1.807, 2.05) is 31.2 Å². The molecule has 0 radical (unpaired) electrons. The van der Waals surface area contributed by atoms with Crippen LogP contribution in [0.15, 0.2) is 53.4 Å². The number of piperidine rings is 1. The van der Waals surface area contributed by atoms with Crippen molar-refractivity contribution in [2.45, 2.75) is 24.7 Å². The van der Waals surface area contributed by atoms with Gasteiger partial charge in [0.1, 0.15) is 5.75 Å². The van der Waals surface area contributed by atoms with Crippen LogP contribution in [0.1, 0.15) is 18.4 Å². The average molecular weight is 388 g/mol. The van der Waals surface area contributed by atoms with Crippen LogP contribution in [-0.2, 0) is 14.8 Å². The number of hydrogen-bond acceptors (Lipinski definition) is 4. The molecule has 1 heterocycles. The van der Waals surface area contributed by atoms with Crippen LogP contribution < -0.4 is 10.1 Å². The minimum atomic E-state index is -3.63. The summed E-state index contributed by atoms with van der Waals surface area (Å²) in [5, 5.41) is 2.89. The first-order valence-electron chi connectivity index (χ1n) is 8.92. The Kier molecular flexibility index (Phi) is 5.82. The molecule has 0 aliphatic carbocycles. The van der Waals surface area contributed by atoms with E-state index >= 15 is 0 Å². The fourth-order valence-electron chi connectivity index (χ4n) is 3.15. The highest BCUT2D eigenvalue weighted by Crippen LogP contribution is 2.26. The lowest BCUT2D eigenvalue weighted by atomic mass is 9.98. The highest BCUT2D eigenvalue weighted by Gasteiger charge is 2.33. The van der Waals surface area contributed by atoms with Crippen molar-refractivity contribution < 1.29 is 17.9 Å². The van der Waals surface area contributed by atoms with Crippen LogP contribution in [0.3, 0.4) is 0 Å². The summed E-state index contributed by atoms with van der Waals surface area (Å²) >= 11 is 0. The predicted molar refractivity (Wildman–Crippen MR) is 104 cm³/mol. The van der Waals surface area contributed by atoms with E-state index in [4.69, 9.17) is 4.74 Å². The van der Waals surface area contributed by atoms with E-state index in [2.05, 4.69) is 5.32 Å². The van der Waals surface area contributed by atoms with Crippen molar-refractivity contribution in [3.63, 3.8) is 0 Å². The molecule has 0 spiro atoms. The van der Waals surface area contributed by atoms with Gasteiger partial charge in [0.05, 0.1) is 17.9 Å². The van der Waals surface area contributed by atoms with Crippen molar-refractivity contribution >= 4 is 21.6 Å². The van der Waals surface area contributed by atoms with Crippen LogP contribution in [0.2, 0.25) is 0 Å². The number of nitrogens with one attached hydrogen (secondary N) is 1. The van der Waals surface area contributed by atoms with E-state index in [1.54, 1.807) is 12.1 Å². The van der Waals surface area contributed by atoms with Gasteiger partial charge < -0.3 is 10.1 Å². The third-order valence-corrected chi connectivity index (χ3v) is 6.65. The van der Waals surface area contributed by atoms with Crippen LogP contribution in [0, 0.1) is 12.8 Å². The lowest BCUT2D eigenvalue weighted by Gasteiger charge is -2.31. The number of anilines is 1. The van der Waals surface area contributed by atoms with Gasteiger partial charge in [0.2, 0.25) is 15.9 Å². The van der Waals surface area contributed by atoms with Crippen molar-refractivity contribution in [1.29, 1.82) is 0 Å². The molecule has 27 heavy (non-hydrogen) atoms. The molecule has 0 aromatic heterocycles. The second-order valence-corrected chi connectivity index (χ2v) is 8.67. The largest absolute Gasteiger partial charge is 0.497 e. The predicted octanol–water partition coefficient (Wildman–Crippen LogP) is 3.04. The summed E-state index contributed by atoms with van der Waals surface area (Å²) in [6.07, 6.45) is 1.33. The van der Waals surface area contributed by atoms with Crippen molar-refractivity contribution in [3.05, 3.63) is 54.1 Å². The van der Waals surface area contributed by atoms with Gasteiger partial charge in [-0.25, -0.2) is 8.42 Å². The molecule has 1 aliphatic rings. The van der Waals surface area contributed by atoms with Gasteiger partial charge in [-0.3, -0.25) is 4.79 Å². The molecule has 1 unspecified atom stereocenters. The molecular weight excluding hydrogens is 364 g/mol. The normalized spacial score (nSPS) is 18.1. The Bertz CT molecular complexity index is 893. The molecule has 7 heteroatoms. The second-order valence-electron chi connectivity index (χ2n) is 6.73. The first-order valence-corrected chi connectivity index (χ1v) is 10.4. The lowest BCUT2D eigenvalue weighted by Crippen LogP contribution is -2.43. The van der Waals surface area contributed by atoms with Crippen LogP contribution in [0.25, 0.3) is 0 Å². The van der Waals surface area contributed by atoms with Crippen molar-refractivity contribution in [1.82, 2.24) is 4.31 Å². The Balaban J connectivity index is 1.70. The number of benzene rings is 2. The number of carbonyl (C=O) groups excluding carboxylic acids is 1. The minimum absolute atomic E-state index is 0.145. The molecule has 144 valence electrons. The summed E-state index contributed by atoms with van der Waals surface area (Å²) < 4.78 is 32.3. The van der Waals surface area contributed by atoms with Crippen molar-refractivity contribution in [2.24, 2.45) is 5.92 Å². The Morgan fingerprint density at radius 1 is 1.11 bits per heavy atom. The molecule has 0 bridgehead atoms. The van der Waals surface area contributed by atoms with Crippen LogP contribution >= 0.6 is 0 Å². The van der Waals surface area contributed by atoms with E-state index in [0.29, 0.717) is 25.1 Å². The maximum Gasteiger partial charge on any atom is 0.243 e. The number of methoxy groups -OCH3 is 1. The van der Waals surface area contributed by atoms with Gasteiger partial charge in [-0.2, -0.15) is 4.31 Å². The van der Waals surface area contributed by atoms with E-state index < -0.39 is 10.0 Å². The van der Waals surface area contributed by atoms with Gasteiger partial charge in [0.15, 0.2) is 0 Å². The molecule has 0 saturated carbocycles. The highest BCUT2D eigenvalue weighted by molar-refractivity contribution is 7.89. The smallest absolute Gasteiger partial charge is 0.243 e. The molecule has 2 aromatic rings. The van der Waals surface area contributed by atoms with Crippen molar-refractivity contribution in [2.75, 3.05) is 25.5 Å². The zero-order valence-electron chi connectivity index (χ0n) is 15.5. The molecule has 6 nitrogen and oxygen atoms in total. The van der Waals surface area contributed by atoms with E-state index in [0.717, 1.165) is 11.3 Å². The number of nitrogens with zero attached hydrogens (tertiary/aromatic N) is 1. The van der Waals surface area contributed by atoms with Gasteiger partial charge in [-0.15, -0.1) is 0 Å². The lowest BCUT2D eigenvalue weighted by molar-refractivity contribution is -0.120. The Hall–Kier alpha value is -2.38. The zero-order chi connectivity index (χ0) is 19.4. The fraction of sp³-hybridized carbons (Fsp3) is 0.350. The van der Waals surface area contributed by atoms with Gasteiger partial charge in [0, 0.05) is 18.8 Å². The van der Waals surface area contributed by atoms with Crippen LogP contribution in [-0.4, -0.2) is 38.8 Å². The molecule has 1 saturated heterocycles. The molecule has 1 fully saturated rings. The number of rotatable bonds is 5. The fourth-order valence-corrected chi connectivity index (χ4v) is 4.68. The third kappa shape index (κ3) is 4.48. The number of sulfonamides is 1. The Labute approximate surface area is 160 Å².